The van der Waals surface area contributed by atoms with Crippen molar-refractivity contribution in [1.29, 1.82) is 5.26 Å². The van der Waals surface area contributed by atoms with Gasteiger partial charge < -0.3 is 9.88 Å². The van der Waals surface area contributed by atoms with E-state index < -0.39 is 0 Å². The molecule has 1 aliphatic heterocycles. The maximum absolute atomic E-state index is 10.2. The number of nitrogens with zero attached hydrogens (tertiary/aromatic N) is 5. The Kier molecular flexibility index (Phi) is 5.91. The van der Waals surface area contributed by atoms with E-state index in [0.717, 1.165) is 71.2 Å². The first-order chi connectivity index (χ1) is 15.3. The summed E-state index contributed by atoms with van der Waals surface area (Å²) in [5.41, 5.74) is 3.55. The fraction of sp³-hybridized carbons (Fsp3) is 0.480. The van der Waals surface area contributed by atoms with Gasteiger partial charge >= 0.3 is 0 Å². The van der Waals surface area contributed by atoms with Crippen LogP contribution in [0.5, 0.6) is 0 Å². The molecule has 1 fully saturated rings. The Hall–Kier alpha value is -2.62. The Bertz CT molecular complexity index is 1170. The summed E-state index contributed by atoms with van der Waals surface area (Å²) in [4.78, 5) is 14.5. The van der Waals surface area contributed by atoms with Crippen molar-refractivity contribution >= 4 is 28.5 Å². The van der Waals surface area contributed by atoms with E-state index in [9.17, 15) is 5.26 Å². The van der Waals surface area contributed by atoms with Gasteiger partial charge in [0.2, 0.25) is 0 Å². The first-order valence-corrected chi connectivity index (χ1v) is 11.7. The van der Waals surface area contributed by atoms with Crippen LogP contribution in [-0.2, 0) is 0 Å². The predicted molar refractivity (Wildman–Crippen MR) is 130 cm³/mol. The molecule has 0 aromatic carbocycles. The van der Waals surface area contributed by atoms with Gasteiger partial charge in [0.05, 0.1) is 25.5 Å². The molecule has 1 N–H and O–H groups in total. The van der Waals surface area contributed by atoms with Gasteiger partial charge in [-0.2, -0.15) is 5.26 Å². The molecule has 2 aromatic rings. The molecule has 7 heteroatoms. The summed E-state index contributed by atoms with van der Waals surface area (Å²) < 4.78 is 0.680. The van der Waals surface area contributed by atoms with Crippen molar-refractivity contribution in [3.63, 3.8) is 0 Å². The molecule has 2 aromatic heterocycles. The average molecular weight is 452 g/mol. The Labute approximate surface area is 195 Å². The zero-order valence-electron chi connectivity index (χ0n) is 19.6. The number of allylic oxidation sites excluding steroid dienone is 5. The van der Waals surface area contributed by atoms with E-state index in [1.165, 1.54) is 0 Å². The van der Waals surface area contributed by atoms with E-state index in [2.05, 4.69) is 59.8 Å². The van der Waals surface area contributed by atoms with Crippen LogP contribution in [0.3, 0.4) is 0 Å². The number of rotatable bonds is 5. The largest absolute Gasteiger partial charge is 0.349 e. The SMILES string of the molecule is CCC1C=C([N+](C)(CC)C2(C)CCN(c3ncnc4[nH]ccc34)C2)C(C#N)=C(C)C=C1Cl. The van der Waals surface area contributed by atoms with Crippen molar-refractivity contribution in [2.75, 3.05) is 31.6 Å². The van der Waals surface area contributed by atoms with Crippen molar-refractivity contribution in [2.24, 2.45) is 5.92 Å². The quantitative estimate of drug-likeness (QED) is 0.628. The third-order valence-electron chi connectivity index (χ3n) is 7.71. The minimum Gasteiger partial charge on any atom is -0.349 e. The lowest BCUT2D eigenvalue weighted by atomic mass is 9.90. The highest BCUT2D eigenvalue weighted by atomic mass is 35.5. The van der Waals surface area contributed by atoms with Crippen molar-refractivity contribution in [2.45, 2.75) is 46.1 Å². The highest BCUT2D eigenvalue weighted by Crippen LogP contribution is 2.44. The third kappa shape index (κ3) is 3.44. The molecule has 2 aliphatic rings. The van der Waals surface area contributed by atoms with Crippen molar-refractivity contribution in [1.82, 2.24) is 15.0 Å². The van der Waals surface area contributed by atoms with Gasteiger partial charge in [0.15, 0.2) is 0 Å². The first-order valence-electron chi connectivity index (χ1n) is 11.4. The smallest absolute Gasteiger partial charge is 0.147 e. The van der Waals surface area contributed by atoms with E-state index in [0.29, 0.717) is 4.48 Å². The number of nitriles is 1. The number of halogens is 1. The number of hydrogen-bond acceptors (Lipinski definition) is 4. The maximum Gasteiger partial charge on any atom is 0.147 e. The van der Waals surface area contributed by atoms with E-state index in [-0.39, 0.29) is 11.5 Å². The second-order valence-corrected chi connectivity index (χ2v) is 9.82. The third-order valence-corrected chi connectivity index (χ3v) is 8.10. The molecule has 168 valence electrons. The number of aromatic nitrogens is 3. The van der Waals surface area contributed by atoms with Crippen LogP contribution in [0, 0.1) is 17.2 Å². The number of anilines is 1. The van der Waals surface area contributed by atoms with Gasteiger partial charge in [-0.25, -0.2) is 9.97 Å². The zero-order valence-corrected chi connectivity index (χ0v) is 20.4. The molecule has 0 spiro atoms. The normalized spacial score (nSPS) is 25.9. The summed E-state index contributed by atoms with van der Waals surface area (Å²) >= 11 is 6.65. The minimum atomic E-state index is -0.0916. The Morgan fingerprint density at radius 1 is 1.38 bits per heavy atom. The van der Waals surface area contributed by atoms with Gasteiger partial charge in [0, 0.05) is 30.1 Å². The minimum absolute atomic E-state index is 0.0916. The second-order valence-electron chi connectivity index (χ2n) is 9.38. The highest BCUT2D eigenvalue weighted by molar-refractivity contribution is 6.30. The maximum atomic E-state index is 10.2. The van der Waals surface area contributed by atoms with E-state index in [1.54, 1.807) is 6.33 Å². The number of hydrogen-bond donors (Lipinski definition) is 1. The molecule has 1 aliphatic carbocycles. The van der Waals surface area contributed by atoms with Crippen LogP contribution < -0.4 is 4.90 Å². The topological polar surface area (TPSA) is 68.6 Å². The van der Waals surface area contributed by atoms with Crippen molar-refractivity contribution in [3.8, 4) is 6.07 Å². The number of fused-ring (bicyclic) bond motifs is 1. The van der Waals surface area contributed by atoms with Crippen molar-refractivity contribution in [3.05, 3.63) is 52.6 Å². The van der Waals surface area contributed by atoms with Crippen LogP contribution in [0.2, 0.25) is 0 Å². The highest BCUT2D eigenvalue weighted by Gasteiger charge is 2.52. The van der Waals surface area contributed by atoms with Gasteiger partial charge in [-0.1, -0.05) is 18.5 Å². The van der Waals surface area contributed by atoms with Crippen LogP contribution in [0.15, 0.2) is 52.6 Å². The summed E-state index contributed by atoms with van der Waals surface area (Å²) in [5.74, 6) is 1.10. The second kappa shape index (κ2) is 8.38. The van der Waals surface area contributed by atoms with Gasteiger partial charge in [-0.15, -0.1) is 0 Å². The Balaban J connectivity index is 1.77. The Morgan fingerprint density at radius 2 is 2.16 bits per heavy atom. The molecule has 6 nitrogen and oxygen atoms in total. The van der Waals surface area contributed by atoms with Crippen molar-refractivity contribution < 1.29 is 4.48 Å². The summed E-state index contributed by atoms with van der Waals surface area (Å²) in [7, 11) is 2.28. The van der Waals surface area contributed by atoms with Crippen LogP contribution in [-0.4, -0.2) is 51.7 Å². The lowest BCUT2D eigenvalue weighted by Crippen LogP contribution is -2.61. The van der Waals surface area contributed by atoms with Crippen LogP contribution >= 0.6 is 11.6 Å². The number of quaternary nitrogens is 1. The number of H-pyrrole nitrogens is 1. The standard InChI is InChI=1S/C25H32ClN6/c1-6-18-13-22(20(14-27)17(3)12-21(18)26)32(5,7-2)25(4)9-11-31(15-25)24-19-8-10-28-23(19)29-16-30-24/h8,10,12-13,16,18H,6-7,9,11,15H2,1-5H3,(H,28,29,30)/q+1. The summed E-state index contributed by atoms with van der Waals surface area (Å²) in [6.07, 6.45) is 9.68. The van der Waals surface area contributed by atoms with Crippen LogP contribution in [0.25, 0.3) is 11.0 Å². The molecule has 0 radical (unpaired) electrons. The fourth-order valence-corrected chi connectivity index (χ4v) is 5.67. The molecule has 3 atom stereocenters. The average Bonchev–Trinajstić information content (AvgIpc) is 3.40. The number of likely N-dealkylation sites (N-methyl/N-ethyl adjacent to an activating group) is 1. The zero-order chi connectivity index (χ0) is 23.1. The number of aromatic amines is 1. The van der Waals surface area contributed by atoms with E-state index >= 15 is 0 Å². The van der Waals surface area contributed by atoms with Gasteiger partial charge in [0.1, 0.15) is 40.7 Å². The lowest BCUT2D eigenvalue weighted by molar-refractivity contribution is -0.916. The molecule has 0 amide bonds. The number of nitrogens with one attached hydrogen (secondary N) is 1. The van der Waals surface area contributed by atoms with Gasteiger partial charge in [-0.05, 0) is 51.0 Å². The van der Waals surface area contributed by atoms with Crippen LogP contribution in [0.4, 0.5) is 5.82 Å². The monoisotopic (exact) mass is 451 g/mol. The van der Waals surface area contributed by atoms with Gasteiger partial charge in [0.25, 0.3) is 0 Å². The van der Waals surface area contributed by atoms with Crippen LogP contribution in [0.1, 0.15) is 40.5 Å². The molecule has 32 heavy (non-hydrogen) atoms. The van der Waals surface area contributed by atoms with Gasteiger partial charge in [-0.3, -0.25) is 4.48 Å². The molecule has 4 rings (SSSR count). The molecule has 3 heterocycles. The first kappa shape index (κ1) is 22.6. The predicted octanol–water partition coefficient (Wildman–Crippen LogP) is 5.28. The fourth-order valence-electron chi connectivity index (χ4n) is 5.29. The van der Waals surface area contributed by atoms with E-state index in [1.807, 2.05) is 25.3 Å². The lowest BCUT2D eigenvalue weighted by Gasteiger charge is -2.48. The molecular weight excluding hydrogens is 420 g/mol. The van der Waals surface area contributed by atoms with E-state index in [4.69, 9.17) is 11.6 Å². The molecule has 0 saturated carbocycles. The summed E-state index contributed by atoms with van der Waals surface area (Å²) in [5, 5.41) is 12.0. The summed E-state index contributed by atoms with van der Waals surface area (Å²) in [6.45, 7) is 11.4. The molecule has 3 unspecified atom stereocenters. The Morgan fingerprint density at radius 3 is 2.84 bits per heavy atom. The molecule has 0 bridgehead atoms. The summed E-state index contributed by atoms with van der Waals surface area (Å²) in [6, 6.07) is 4.55. The molecular formula is C25H32ClN6+. The molecule has 1 saturated heterocycles.